The van der Waals surface area contributed by atoms with Gasteiger partial charge in [-0.3, -0.25) is 4.57 Å². The molecule has 2 aliphatic rings. The number of hydrogen-bond donors (Lipinski definition) is 6. The van der Waals surface area contributed by atoms with Crippen molar-refractivity contribution in [2.75, 3.05) is 36.5 Å². The summed E-state index contributed by atoms with van der Waals surface area (Å²) in [5.74, 6) is 0.683. The van der Waals surface area contributed by atoms with Crippen LogP contribution < -0.4 is 10.2 Å². The van der Waals surface area contributed by atoms with Gasteiger partial charge in [-0.15, -0.1) is 0 Å². The van der Waals surface area contributed by atoms with E-state index in [0.717, 1.165) is 11.1 Å². The standard InChI is InChI=1S/C28H32N6O6/c35-14-21-23(38)24(39)27(40-21)34-15-30-22-25(31-28(32-26(22)34)33-12-19(36)20(37)13-33)29-11-18(16-7-3-1-4-8-16)17-9-5-2-6-10-17/h1-10,15,18-21,23-24,27,35-39H,11-14H2,(H,29,31,32)/t19-,20-,21-,23-,24-,27-/m1/s1. The van der Waals surface area contributed by atoms with E-state index in [9.17, 15) is 25.5 Å². The van der Waals surface area contributed by atoms with Gasteiger partial charge < -0.3 is 40.5 Å². The van der Waals surface area contributed by atoms with Crippen molar-refractivity contribution in [1.29, 1.82) is 0 Å². The maximum absolute atomic E-state index is 10.7. The van der Waals surface area contributed by atoms with Crippen molar-refractivity contribution in [3.8, 4) is 0 Å². The van der Waals surface area contributed by atoms with Crippen LogP contribution in [0.4, 0.5) is 11.8 Å². The third kappa shape index (κ3) is 4.89. The van der Waals surface area contributed by atoms with Crippen molar-refractivity contribution in [3.05, 3.63) is 78.1 Å². The van der Waals surface area contributed by atoms with Crippen LogP contribution in [0.1, 0.15) is 23.3 Å². The molecule has 0 spiro atoms. The number of nitrogens with one attached hydrogen (secondary N) is 1. The molecule has 2 aromatic carbocycles. The second-order valence-electron chi connectivity index (χ2n) is 10.2. The summed E-state index contributed by atoms with van der Waals surface area (Å²) in [6, 6.07) is 20.2. The van der Waals surface area contributed by atoms with Crippen molar-refractivity contribution in [2.45, 2.75) is 42.7 Å². The Hall–Kier alpha value is -3.65. The Bertz CT molecular complexity index is 1390. The first kappa shape index (κ1) is 26.6. The highest BCUT2D eigenvalue weighted by atomic mass is 16.6. The third-order valence-electron chi connectivity index (χ3n) is 7.62. The fourth-order valence-electron chi connectivity index (χ4n) is 5.40. The molecule has 6 rings (SSSR count). The maximum Gasteiger partial charge on any atom is 0.229 e. The number of aromatic nitrogens is 4. The number of nitrogens with zero attached hydrogens (tertiary/aromatic N) is 5. The van der Waals surface area contributed by atoms with E-state index in [0.29, 0.717) is 23.5 Å². The van der Waals surface area contributed by atoms with Crippen molar-refractivity contribution in [1.82, 2.24) is 19.5 Å². The van der Waals surface area contributed by atoms with E-state index in [2.05, 4.69) is 39.6 Å². The summed E-state index contributed by atoms with van der Waals surface area (Å²) in [4.78, 5) is 15.6. The zero-order chi connectivity index (χ0) is 27.8. The number of imidazole rings is 1. The summed E-state index contributed by atoms with van der Waals surface area (Å²) in [6.45, 7) is 0.305. The minimum absolute atomic E-state index is 0.00571. The van der Waals surface area contributed by atoms with Gasteiger partial charge in [-0.2, -0.15) is 9.97 Å². The predicted octanol–water partition coefficient (Wildman–Crippen LogP) is 0.224. The molecule has 0 bridgehead atoms. The number of rotatable bonds is 8. The maximum atomic E-state index is 10.7. The topological polar surface area (TPSA) is 169 Å². The molecule has 6 atom stereocenters. The van der Waals surface area contributed by atoms with Crippen LogP contribution in [0.5, 0.6) is 0 Å². The van der Waals surface area contributed by atoms with Crippen LogP contribution in [0.25, 0.3) is 11.2 Å². The van der Waals surface area contributed by atoms with Crippen LogP contribution in [0.2, 0.25) is 0 Å². The number of β-amino-alcohol motifs (C(OH)–C–C–N with tert-alkyl or cyclic N) is 2. The monoisotopic (exact) mass is 548 g/mol. The van der Waals surface area contributed by atoms with Crippen molar-refractivity contribution in [2.24, 2.45) is 0 Å². The van der Waals surface area contributed by atoms with Crippen LogP contribution in [0.15, 0.2) is 67.0 Å². The molecule has 2 saturated heterocycles. The van der Waals surface area contributed by atoms with Crippen molar-refractivity contribution in [3.63, 3.8) is 0 Å². The smallest absolute Gasteiger partial charge is 0.229 e. The number of hydrogen-bond acceptors (Lipinski definition) is 11. The molecule has 0 aliphatic carbocycles. The molecule has 0 saturated carbocycles. The first-order valence-electron chi connectivity index (χ1n) is 13.3. The lowest BCUT2D eigenvalue weighted by Gasteiger charge is -2.21. The molecule has 4 aromatic rings. The van der Waals surface area contributed by atoms with Gasteiger partial charge in [0, 0.05) is 25.6 Å². The molecule has 12 heteroatoms. The van der Waals surface area contributed by atoms with Crippen LogP contribution >= 0.6 is 0 Å². The fraction of sp³-hybridized carbons (Fsp3) is 0.393. The molecule has 0 amide bonds. The summed E-state index contributed by atoms with van der Waals surface area (Å²) in [5.41, 5.74) is 2.99. The van der Waals surface area contributed by atoms with Gasteiger partial charge in [-0.05, 0) is 11.1 Å². The van der Waals surface area contributed by atoms with E-state index in [1.165, 1.54) is 10.9 Å². The molecule has 12 nitrogen and oxygen atoms in total. The average Bonchev–Trinajstić information content (AvgIpc) is 3.64. The molecule has 40 heavy (non-hydrogen) atoms. The van der Waals surface area contributed by atoms with Gasteiger partial charge in [-0.1, -0.05) is 60.7 Å². The lowest BCUT2D eigenvalue weighted by Crippen LogP contribution is -2.33. The Balaban J connectivity index is 1.39. The Kier molecular flexibility index (Phi) is 7.36. The molecule has 6 N–H and O–H groups in total. The minimum Gasteiger partial charge on any atom is -0.394 e. The third-order valence-corrected chi connectivity index (χ3v) is 7.62. The zero-order valence-corrected chi connectivity index (χ0v) is 21.6. The van der Waals surface area contributed by atoms with Crippen LogP contribution in [0.3, 0.4) is 0 Å². The molecule has 2 aromatic heterocycles. The van der Waals surface area contributed by atoms with Gasteiger partial charge in [0.15, 0.2) is 23.2 Å². The highest BCUT2D eigenvalue weighted by Gasteiger charge is 2.44. The highest BCUT2D eigenvalue weighted by Crippen LogP contribution is 2.34. The Labute approximate surface area is 230 Å². The zero-order valence-electron chi connectivity index (χ0n) is 21.6. The predicted molar refractivity (Wildman–Crippen MR) is 146 cm³/mol. The van der Waals surface area contributed by atoms with E-state index in [-0.39, 0.29) is 25.0 Å². The normalized spacial score (nSPS) is 26.7. The van der Waals surface area contributed by atoms with Gasteiger partial charge in [-0.25, -0.2) is 4.98 Å². The number of aliphatic hydroxyl groups excluding tert-OH is 5. The second kappa shape index (κ2) is 11.1. The van der Waals surface area contributed by atoms with E-state index in [4.69, 9.17) is 9.72 Å². The molecule has 0 radical (unpaired) electrons. The molecule has 2 aliphatic heterocycles. The summed E-state index contributed by atoms with van der Waals surface area (Å²) >= 11 is 0. The number of anilines is 2. The number of fused-ring (bicyclic) bond motifs is 1. The van der Waals surface area contributed by atoms with Crippen molar-refractivity contribution < 1.29 is 30.3 Å². The first-order chi connectivity index (χ1) is 19.4. The van der Waals surface area contributed by atoms with Crippen molar-refractivity contribution >= 4 is 22.9 Å². The quantitative estimate of drug-likeness (QED) is 0.178. The van der Waals surface area contributed by atoms with Gasteiger partial charge >= 0.3 is 0 Å². The van der Waals surface area contributed by atoms with E-state index < -0.39 is 43.4 Å². The van der Waals surface area contributed by atoms with Crippen LogP contribution in [0, 0.1) is 0 Å². The molecule has 0 unspecified atom stereocenters. The average molecular weight is 549 g/mol. The summed E-state index contributed by atoms with van der Waals surface area (Å²) in [5, 5.41) is 54.3. The Morgan fingerprint density at radius 3 is 2.08 bits per heavy atom. The second-order valence-corrected chi connectivity index (χ2v) is 10.2. The SMILES string of the molecule is OC[C@H]1O[C@@H](n2cnc3c(NCC(c4ccccc4)c4ccccc4)nc(N4C[C@@H](O)[C@H](O)C4)nc32)[C@H](O)[C@@H]1O. The van der Waals surface area contributed by atoms with E-state index >= 15 is 0 Å². The number of benzene rings is 2. The largest absolute Gasteiger partial charge is 0.394 e. The molecule has 210 valence electrons. The molecular weight excluding hydrogens is 516 g/mol. The van der Waals surface area contributed by atoms with Gasteiger partial charge in [0.25, 0.3) is 0 Å². The van der Waals surface area contributed by atoms with Crippen LogP contribution in [-0.4, -0.2) is 102 Å². The minimum atomic E-state index is -1.32. The Morgan fingerprint density at radius 2 is 1.50 bits per heavy atom. The van der Waals surface area contributed by atoms with Gasteiger partial charge in [0.1, 0.15) is 18.3 Å². The summed E-state index contributed by atoms with van der Waals surface area (Å²) in [7, 11) is 0. The highest BCUT2D eigenvalue weighted by molar-refractivity contribution is 5.84. The Morgan fingerprint density at radius 1 is 0.875 bits per heavy atom. The molecule has 4 heterocycles. The van der Waals surface area contributed by atoms with Gasteiger partial charge in [0.2, 0.25) is 5.95 Å². The number of aliphatic hydroxyl groups is 5. The molecule has 2 fully saturated rings. The first-order valence-corrected chi connectivity index (χ1v) is 13.3. The molecular formula is C28H32N6O6. The van der Waals surface area contributed by atoms with E-state index in [1.807, 2.05) is 36.4 Å². The lowest BCUT2D eigenvalue weighted by atomic mass is 9.91. The summed E-state index contributed by atoms with van der Waals surface area (Å²) in [6.07, 6.45) is -5.04. The van der Waals surface area contributed by atoms with Crippen LogP contribution in [-0.2, 0) is 4.74 Å². The lowest BCUT2D eigenvalue weighted by molar-refractivity contribution is -0.0511. The fourth-order valence-corrected chi connectivity index (χ4v) is 5.40. The summed E-state index contributed by atoms with van der Waals surface area (Å²) < 4.78 is 7.24. The van der Waals surface area contributed by atoms with E-state index in [1.54, 1.807) is 4.90 Å². The van der Waals surface area contributed by atoms with Gasteiger partial charge in [0.05, 0.1) is 25.1 Å². The number of ether oxygens (including phenoxy) is 1.